The van der Waals surface area contributed by atoms with Crippen LogP contribution in [0.15, 0.2) is 91.0 Å². The number of hydrogen-bond donors (Lipinski definition) is 0. The van der Waals surface area contributed by atoms with Gasteiger partial charge in [-0.1, -0.05) is 111 Å². The van der Waals surface area contributed by atoms with E-state index in [9.17, 15) is 0 Å². The fraction of sp³-hybridized carbons (Fsp3) is 0.308. The van der Waals surface area contributed by atoms with Gasteiger partial charge in [-0.15, -0.1) is 0 Å². The second kappa shape index (κ2) is 12.2. The highest BCUT2D eigenvalue weighted by atomic mass is 28.2. The molecule has 0 aliphatic carbocycles. The van der Waals surface area contributed by atoms with Gasteiger partial charge in [0.2, 0.25) is 9.76 Å². The van der Waals surface area contributed by atoms with Crippen molar-refractivity contribution in [2.24, 2.45) is 0 Å². The Kier molecular flexibility index (Phi) is 8.89. The first kappa shape index (κ1) is 20.4. The summed E-state index contributed by atoms with van der Waals surface area (Å²) in [5, 5.41) is 0. The van der Waals surface area contributed by atoms with Gasteiger partial charge in [-0.25, -0.2) is 0 Å². The van der Waals surface area contributed by atoms with Crippen LogP contribution < -0.4 is 4.43 Å². The SMILES string of the molecule is c1ccc(O[SiH2]CCCCCCCC(c2ccccc2)c2ccccc2)cc1. The highest BCUT2D eigenvalue weighted by Gasteiger charge is 2.13. The largest absolute Gasteiger partial charge is 0.549 e. The van der Waals surface area contributed by atoms with Crippen LogP contribution in [0.2, 0.25) is 6.04 Å². The lowest BCUT2D eigenvalue weighted by molar-refractivity contribution is 0.564. The maximum absolute atomic E-state index is 5.90. The van der Waals surface area contributed by atoms with Gasteiger partial charge in [0.1, 0.15) is 5.75 Å². The smallest absolute Gasteiger partial charge is 0.219 e. The number of rotatable bonds is 12. The van der Waals surface area contributed by atoms with Crippen molar-refractivity contribution in [1.29, 1.82) is 0 Å². The van der Waals surface area contributed by atoms with E-state index in [1.807, 2.05) is 18.2 Å². The van der Waals surface area contributed by atoms with E-state index in [4.69, 9.17) is 4.43 Å². The Labute approximate surface area is 172 Å². The van der Waals surface area contributed by atoms with E-state index in [0.717, 1.165) is 5.75 Å². The average Bonchev–Trinajstić information content (AvgIpc) is 2.77. The van der Waals surface area contributed by atoms with Crippen molar-refractivity contribution < 1.29 is 4.43 Å². The molecule has 3 aromatic rings. The zero-order valence-electron chi connectivity index (χ0n) is 16.8. The van der Waals surface area contributed by atoms with Crippen molar-refractivity contribution in [1.82, 2.24) is 0 Å². The predicted octanol–water partition coefficient (Wildman–Crippen LogP) is 6.74. The van der Waals surface area contributed by atoms with Gasteiger partial charge < -0.3 is 4.43 Å². The zero-order chi connectivity index (χ0) is 19.3. The molecule has 0 saturated heterocycles. The van der Waals surface area contributed by atoms with E-state index in [-0.39, 0.29) is 0 Å². The van der Waals surface area contributed by atoms with Gasteiger partial charge in [0.25, 0.3) is 0 Å². The molecule has 0 aromatic heterocycles. The zero-order valence-corrected chi connectivity index (χ0v) is 18.2. The lowest BCUT2D eigenvalue weighted by atomic mass is 9.87. The van der Waals surface area contributed by atoms with Gasteiger partial charge in [-0.2, -0.15) is 0 Å². The molecule has 0 N–H and O–H groups in total. The van der Waals surface area contributed by atoms with Gasteiger partial charge in [-0.3, -0.25) is 0 Å². The summed E-state index contributed by atoms with van der Waals surface area (Å²) in [4.78, 5) is 0. The van der Waals surface area contributed by atoms with Crippen LogP contribution in [0.3, 0.4) is 0 Å². The summed E-state index contributed by atoms with van der Waals surface area (Å²) in [6, 6.07) is 33.5. The Bertz CT molecular complexity index is 719. The van der Waals surface area contributed by atoms with Gasteiger partial charge in [-0.05, 0) is 35.7 Å². The molecule has 3 rings (SSSR count). The Hall–Kier alpha value is -2.32. The Morgan fingerprint density at radius 3 is 1.68 bits per heavy atom. The topological polar surface area (TPSA) is 9.23 Å². The molecule has 1 nitrogen and oxygen atoms in total. The van der Waals surface area contributed by atoms with E-state index in [0.29, 0.717) is 5.92 Å². The molecule has 0 radical (unpaired) electrons. The van der Waals surface area contributed by atoms with Crippen LogP contribution >= 0.6 is 0 Å². The molecule has 0 spiro atoms. The number of benzene rings is 3. The molecular formula is C26H32OSi. The number of para-hydroxylation sites is 1. The minimum atomic E-state index is -0.409. The molecule has 0 amide bonds. The van der Waals surface area contributed by atoms with E-state index in [2.05, 4.69) is 72.8 Å². The average molecular weight is 389 g/mol. The Balaban J connectivity index is 1.32. The van der Waals surface area contributed by atoms with Crippen molar-refractivity contribution in [2.45, 2.75) is 50.5 Å². The van der Waals surface area contributed by atoms with E-state index < -0.39 is 9.76 Å². The maximum atomic E-state index is 5.90. The summed E-state index contributed by atoms with van der Waals surface area (Å²) in [7, 11) is -0.409. The fourth-order valence-corrected chi connectivity index (χ4v) is 4.89. The molecule has 0 atom stereocenters. The lowest BCUT2D eigenvalue weighted by Gasteiger charge is -2.18. The van der Waals surface area contributed by atoms with Crippen molar-refractivity contribution in [3.63, 3.8) is 0 Å². The van der Waals surface area contributed by atoms with Crippen molar-refractivity contribution >= 4 is 9.76 Å². The highest BCUT2D eigenvalue weighted by Crippen LogP contribution is 2.30. The number of hydrogen-bond acceptors (Lipinski definition) is 1. The van der Waals surface area contributed by atoms with Crippen LogP contribution in [0, 0.1) is 0 Å². The molecule has 0 bridgehead atoms. The second-order valence-electron chi connectivity index (χ2n) is 7.45. The molecule has 146 valence electrons. The van der Waals surface area contributed by atoms with Gasteiger partial charge in [0, 0.05) is 5.92 Å². The summed E-state index contributed by atoms with van der Waals surface area (Å²) >= 11 is 0. The lowest BCUT2D eigenvalue weighted by Crippen LogP contribution is -2.02. The van der Waals surface area contributed by atoms with Crippen LogP contribution in [0.5, 0.6) is 5.75 Å². The summed E-state index contributed by atoms with van der Waals surface area (Å²) < 4.78 is 5.90. The van der Waals surface area contributed by atoms with Crippen LogP contribution in [0.4, 0.5) is 0 Å². The number of unbranched alkanes of at least 4 members (excludes halogenated alkanes) is 4. The standard InChI is InChI=1S/C26H32OSi/c1(3-14-22-28-27-25-19-11-6-12-20-25)2-13-21-26(23-15-7-4-8-16-23)24-17-9-5-10-18-24/h4-12,15-20,26H,1-3,13-14,21-22,28H2. The molecule has 0 saturated carbocycles. The van der Waals surface area contributed by atoms with Crippen LogP contribution in [0.25, 0.3) is 0 Å². The van der Waals surface area contributed by atoms with Crippen molar-refractivity contribution in [2.75, 3.05) is 0 Å². The first-order valence-electron chi connectivity index (χ1n) is 10.7. The summed E-state index contributed by atoms with van der Waals surface area (Å²) in [5.41, 5.74) is 2.88. The van der Waals surface area contributed by atoms with E-state index >= 15 is 0 Å². The second-order valence-corrected chi connectivity index (χ2v) is 8.85. The van der Waals surface area contributed by atoms with Crippen LogP contribution in [0.1, 0.15) is 55.6 Å². The minimum absolute atomic E-state index is 0.409. The summed E-state index contributed by atoms with van der Waals surface area (Å²) in [6.07, 6.45) is 7.87. The fourth-order valence-electron chi connectivity index (χ4n) is 3.76. The van der Waals surface area contributed by atoms with Crippen LogP contribution in [-0.4, -0.2) is 9.76 Å². The molecule has 0 aliphatic rings. The Morgan fingerprint density at radius 1 is 0.571 bits per heavy atom. The van der Waals surface area contributed by atoms with Crippen molar-refractivity contribution in [3.05, 3.63) is 102 Å². The molecule has 0 aliphatic heterocycles. The normalized spacial score (nSPS) is 11.3. The molecular weight excluding hydrogens is 356 g/mol. The van der Waals surface area contributed by atoms with E-state index in [1.165, 1.54) is 55.7 Å². The van der Waals surface area contributed by atoms with Gasteiger partial charge in [0.05, 0.1) is 0 Å². The Morgan fingerprint density at radius 2 is 1.07 bits per heavy atom. The third-order valence-electron chi connectivity index (χ3n) is 5.30. The third-order valence-corrected chi connectivity index (χ3v) is 6.63. The van der Waals surface area contributed by atoms with Gasteiger partial charge >= 0.3 is 0 Å². The predicted molar refractivity (Wildman–Crippen MR) is 123 cm³/mol. The first-order valence-corrected chi connectivity index (χ1v) is 12.3. The molecule has 3 aromatic carbocycles. The minimum Gasteiger partial charge on any atom is -0.549 e. The van der Waals surface area contributed by atoms with Crippen LogP contribution in [-0.2, 0) is 0 Å². The van der Waals surface area contributed by atoms with Crippen molar-refractivity contribution in [3.8, 4) is 5.75 Å². The van der Waals surface area contributed by atoms with E-state index in [1.54, 1.807) is 0 Å². The molecule has 28 heavy (non-hydrogen) atoms. The van der Waals surface area contributed by atoms with Gasteiger partial charge in [0.15, 0.2) is 0 Å². The monoisotopic (exact) mass is 388 g/mol. The maximum Gasteiger partial charge on any atom is 0.219 e. The molecule has 0 heterocycles. The summed E-state index contributed by atoms with van der Waals surface area (Å²) in [5.74, 6) is 1.57. The third kappa shape index (κ3) is 7.01. The quantitative estimate of drug-likeness (QED) is 0.246. The first-order chi connectivity index (χ1) is 13.9. The molecule has 0 fully saturated rings. The summed E-state index contributed by atoms with van der Waals surface area (Å²) in [6.45, 7) is 0. The molecule has 2 heteroatoms. The molecule has 0 unspecified atom stereocenters. The highest BCUT2D eigenvalue weighted by molar-refractivity contribution is 6.28.